The number of aliphatic imine (C=N–C) groups is 1. The van der Waals surface area contributed by atoms with Gasteiger partial charge in [-0.15, -0.1) is 0 Å². The first-order chi connectivity index (χ1) is 17.6. The van der Waals surface area contributed by atoms with E-state index >= 15 is 0 Å². The van der Waals surface area contributed by atoms with Crippen molar-refractivity contribution in [2.75, 3.05) is 6.61 Å². The largest absolute Gasteiger partial charge is 0.464 e. The van der Waals surface area contributed by atoms with Gasteiger partial charge in [-0.05, 0) is 35.7 Å². The van der Waals surface area contributed by atoms with Gasteiger partial charge >= 0.3 is 5.97 Å². The van der Waals surface area contributed by atoms with Gasteiger partial charge in [-0.2, -0.15) is 0 Å². The maximum Gasteiger partial charge on any atom is 0.341 e. The van der Waals surface area contributed by atoms with E-state index < -0.39 is 11.6 Å². The van der Waals surface area contributed by atoms with Crippen LogP contribution in [-0.4, -0.2) is 23.3 Å². The van der Waals surface area contributed by atoms with Crippen molar-refractivity contribution in [1.29, 1.82) is 0 Å². The summed E-state index contributed by atoms with van der Waals surface area (Å²) in [5.41, 5.74) is 2.62. The Bertz CT molecular complexity index is 1340. The van der Waals surface area contributed by atoms with Crippen molar-refractivity contribution in [1.82, 2.24) is 4.90 Å². The zero-order valence-electron chi connectivity index (χ0n) is 20.1. The third-order valence-electron chi connectivity index (χ3n) is 6.48. The fourth-order valence-electron chi connectivity index (χ4n) is 4.90. The summed E-state index contributed by atoms with van der Waals surface area (Å²) < 4.78 is 6.74. The van der Waals surface area contributed by atoms with Gasteiger partial charge in [0.15, 0.2) is 0 Å². The normalized spacial score (nSPS) is 19.1. The summed E-state index contributed by atoms with van der Waals surface area (Å²) in [6.45, 7) is 2.70. The molecule has 0 aromatic heterocycles. The summed E-state index contributed by atoms with van der Waals surface area (Å²) in [5.74, 6) is 0.410. The fraction of sp³-hybridized carbons (Fsp3) is 0.161. The molecule has 0 aliphatic carbocycles. The van der Waals surface area contributed by atoms with E-state index in [2.05, 4.69) is 45.1 Å². The molecule has 2 unspecified atom stereocenters. The van der Waals surface area contributed by atoms with Crippen LogP contribution in [-0.2, 0) is 21.6 Å². The maximum absolute atomic E-state index is 14.0. The van der Waals surface area contributed by atoms with Gasteiger partial charge in [0.05, 0.1) is 12.6 Å². The summed E-state index contributed by atoms with van der Waals surface area (Å²) in [4.78, 5) is 21.6. The van der Waals surface area contributed by atoms with Crippen LogP contribution in [0.15, 0.2) is 125 Å². The molecule has 0 saturated heterocycles. The lowest BCUT2D eigenvalue weighted by Gasteiger charge is -2.37. The van der Waals surface area contributed by atoms with E-state index in [1.165, 1.54) is 0 Å². The topological polar surface area (TPSA) is 41.9 Å². The number of benzene rings is 4. The molecule has 1 heterocycles. The van der Waals surface area contributed by atoms with Crippen LogP contribution in [0, 0.1) is 0 Å². The van der Waals surface area contributed by atoms with E-state index in [4.69, 9.17) is 9.73 Å². The molecule has 36 heavy (non-hydrogen) atoms. The number of hydrogen-bond donors (Lipinski definition) is 0. The fourth-order valence-corrected chi connectivity index (χ4v) is 5.17. The molecule has 0 spiro atoms. The van der Waals surface area contributed by atoms with E-state index in [0.29, 0.717) is 6.54 Å². The number of ether oxygens (including phenoxy) is 1. The molecule has 0 fully saturated rings. The minimum Gasteiger partial charge on any atom is -0.464 e. The predicted octanol–water partition coefficient (Wildman–Crippen LogP) is 6.91. The van der Waals surface area contributed by atoms with Crippen LogP contribution in [0.2, 0.25) is 0 Å². The van der Waals surface area contributed by atoms with Gasteiger partial charge in [-0.3, -0.25) is 0 Å². The number of halogens is 1. The highest BCUT2D eigenvalue weighted by atomic mass is 79.9. The van der Waals surface area contributed by atoms with Crippen LogP contribution in [0.3, 0.4) is 0 Å². The number of carbonyl (C=O) groups is 1. The van der Waals surface area contributed by atoms with E-state index in [1.807, 2.05) is 97.9 Å². The van der Waals surface area contributed by atoms with Gasteiger partial charge in [0.25, 0.3) is 0 Å². The van der Waals surface area contributed by atoms with Crippen molar-refractivity contribution in [3.8, 4) is 0 Å². The highest BCUT2D eigenvalue weighted by molar-refractivity contribution is 9.10. The van der Waals surface area contributed by atoms with Gasteiger partial charge in [-0.1, -0.05) is 119 Å². The maximum atomic E-state index is 14.0. The summed E-state index contributed by atoms with van der Waals surface area (Å²) in [6.07, 6.45) is 0. The first-order valence-corrected chi connectivity index (χ1v) is 12.9. The zero-order valence-corrected chi connectivity index (χ0v) is 21.6. The molecule has 180 valence electrons. The number of carbonyl (C=O) groups excluding carboxylic acids is 1. The minimum absolute atomic E-state index is 0.275. The molecular formula is C31H27BrN2O2. The number of nitrogens with zero attached hydrogens (tertiary/aromatic N) is 2. The summed E-state index contributed by atoms with van der Waals surface area (Å²) in [6, 6.07) is 37.9. The van der Waals surface area contributed by atoms with Gasteiger partial charge in [0, 0.05) is 16.6 Å². The Labute approximate surface area is 220 Å². The average Bonchev–Trinajstić information content (AvgIpc) is 3.26. The molecule has 0 amide bonds. The summed E-state index contributed by atoms with van der Waals surface area (Å²) in [5, 5.41) is 0. The highest BCUT2D eigenvalue weighted by Crippen LogP contribution is 2.50. The third-order valence-corrected chi connectivity index (χ3v) is 7.00. The molecule has 1 aliphatic rings. The van der Waals surface area contributed by atoms with Gasteiger partial charge in [0.2, 0.25) is 5.54 Å². The van der Waals surface area contributed by atoms with E-state index in [-0.39, 0.29) is 12.6 Å². The smallest absolute Gasteiger partial charge is 0.341 e. The minimum atomic E-state index is -1.27. The van der Waals surface area contributed by atoms with Gasteiger partial charge < -0.3 is 9.64 Å². The second-order valence-electron chi connectivity index (χ2n) is 8.72. The molecule has 4 aromatic rings. The molecule has 0 saturated carbocycles. The van der Waals surface area contributed by atoms with Crippen molar-refractivity contribution in [3.05, 3.63) is 142 Å². The Balaban J connectivity index is 1.79. The average molecular weight is 539 g/mol. The number of hydrogen-bond acceptors (Lipinski definition) is 4. The van der Waals surface area contributed by atoms with Gasteiger partial charge in [0.1, 0.15) is 5.84 Å². The monoisotopic (exact) mass is 538 g/mol. The van der Waals surface area contributed by atoms with Crippen molar-refractivity contribution in [2.24, 2.45) is 4.99 Å². The molecule has 2 atom stereocenters. The molecule has 4 aromatic carbocycles. The first kappa shape index (κ1) is 24.0. The van der Waals surface area contributed by atoms with Crippen LogP contribution in [0.4, 0.5) is 0 Å². The Morgan fingerprint density at radius 2 is 1.44 bits per heavy atom. The SMILES string of the molecule is CCOC(=O)C1(c2ccccc2)N=C(c2ccc(Br)cc2)N(Cc2ccccc2)C1c1ccccc1. The van der Waals surface area contributed by atoms with Gasteiger partial charge in [-0.25, -0.2) is 9.79 Å². The molecule has 4 nitrogen and oxygen atoms in total. The van der Waals surface area contributed by atoms with Crippen LogP contribution in [0.25, 0.3) is 0 Å². The second kappa shape index (κ2) is 10.5. The molecule has 5 heteroatoms. The lowest BCUT2D eigenvalue weighted by atomic mass is 9.79. The Morgan fingerprint density at radius 3 is 2.06 bits per heavy atom. The highest BCUT2D eigenvalue weighted by Gasteiger charge is 2.57. The molecule has 0 N–H and O–H groups in total. The molecule has 1 aliphatic heterocycles. The van der Waals surface area contributed by atoms with E-state index in [9.17, 15) is 4.79 Å². The standard InChI is InChI=1S/C31H27BrN2O2/c1-2-36-30(35)31(26-16-10-5-11-17-26)28(24-14-8-4-9-15-24)34(22-23-12-6-3-7-13-23)29(33-31)25-18-20-27(32)21-19-25/h3-21,28H,2,22H2,1H3. The first-order valence-electron chi connectivity index (χ1n) is 12.1. The third kappa shape index (κ3) is 4.47. The second-order valence-corrected chi connectivity index (χ2v) is 9.64. The Morgan fingerprint density at radius 1 is 0.861 bits per heavy atom. The Kier molecular flexibility index (Phi) is 7.01. The van der Waals surface area contributed by atoms with Crippen molar-refractivity contribution < 1.29 is 9.53 Å². The molecule has 5 rings (SSSR count). The predicted molar refractivity (Wildman–Crippen MR) is 147 cm³/mol. The van der Waals surface area contributed by atoms with Crippen molar-refractivity contribution in [2.45, 2.75) is 25.0 Å². The number of rotatable bonds is 7. The van der Waals surface area contributed by atoms with E-state index in [0.717, 1.165) is 32.6 Å². The van der Waals surface area contributed by atoms with Crippen LogP contribution in [0.1, 0.15) is 35.2 Å². The van der Waals surface area contributed by atoms with Crippen LogP contribution in [0.5, 0.6) is 0 Å². The lowest BCUT2D eigenvalue weighted by Crippen LogP contribution is -2.44. The summed E-state index contributed by atoms with van der Waals surface area (Å²) >= 11 is 3.55. The number of esters is 1. The molecule has 0 radical (unpaired) electrons. The Hall–Kier alpha value is -3.70. The van der Waals surface area contributed by atoms with Crippen molar-refractivity contribution >= 4 is 27.7 Å². The van der Waals surface area contributed by atoms with Crippen molar-refractivity contribution in [3.63, 3.8) is 0 Å². The zero-order chi connectivity index (χ0) is 25.0. The quantitative estimate of drug-likeness (QED) is 0.240. The van der Waals surface area contributed by atoms with Crippen LogP contribution >= 0.6 is 15.9 Å². The van der Waals surface area contributed by atoms with E-state index in [1.54, 1.807) is 0 Å². The molecule has 0 bridgehead atoms. The number of amidine groups is 1. The lowest BCUT2D eigenvalue weighted by molar-refractivity contribution is -0.151. The molecular weight excluding hydrogens is 512 g/mol. The summed E-state index contributed by atoms with van der Waals surface area (Å²) in [7, 11) is 0. The van der Waals surface area contributed by atoms with Crippen LogP contribution < -0.4 is 0 Å².